The number of nitrogens with one attached hydrogen (secondary N) is 1. The van der Waals surface area contributed by atoms with E-state index in [4.69, 9.17) is 22.4 Å². The lowest BCUT2D eigenvalue weighted by Gasteiger charge is -2.13. The quantitative estimate of drug-likeness (QED) is 0.724. The van der Waals surface area contributed by atoms with E-state index in [0.717, 1.165) is 0 Å². The normalized spacial score (nSPS) is 12.0. The zero-order valence-electron chi connectivity index (χ0n) is 8.91. The minimum absolute atomic E-state index is 0.436. The molecule has 0 saturated carbocycles. The molecular weight excluding hydrogens is 391 g/mol. The maximum absolute atomic E-state index is 11.7. The van der Waals surface area contributed by atoms with E-state index in [2.05, 4.69) is 37.2 Å². The number of aliphatic carboxylic acids is 1. The van der Waals surface area contributed by atoms with Gasteiger partial charge in [-0.1, -0.05) is 11.6 Å². The molecule has 1 unspecified atom stereocenters. The molecule has 0 spiro atoms. The fourth-order valence-corrected chi connectivity index (χ4v) is 3.02. The Morgan fingerprint density at radius 2 is 1.89 bits per heavy atom. The number of anilines is 1. The van der Waals surface area contributed by atoms with Crippen LogP contribution in [0, 0.1) is 0 Å². The van der Waals surface area contributed by atoms with Gasteiger partial charge in [-0.3, -0.25) is 9.59 Å². The van der Waals surface area contributed by atoms with Gasteiger partial charge in [0, 0.05) is 14.0 Å². The predicted molar refractivity (Wildman–Crippen MR) is 75.7 cm³/mol. The van der Waals surface area contributed by atoms with E-state index < -0.39 is 24.3 Å². The summed E-state index contributed by atoms with van der Waals surface area (Å²) in [6.07, 6.45) is -0.436. The number of hydrogen-bond donors (Lipinski definition) is 3. The van der Waals surface area contributed by atoms with E-state index in [9.17, 15) is 9.59 Å². The van der Waals surface area contributed by atoms with Crippen molar-refractivity contribution in [2.24, 2.45) is 5.73 Å². The zero-order valence-corrected chi connectivity index (χ0v) is 12.8. The summed E-state index contributed by atoms with van der Waals surface area (Å²) in [7, 11) is 0. The van der Waals surface area contributed by atoms with Crippen LogP contribution in [0.1, 0.15) is 6.42 Å². The Bertz CT molecular complexity index is 473. The topological polar surface area (TPSA) is 92.4 Å². The van der Waals surface area contributed by atoms with E-state index in [0.29, 0.717) is 19.7 Å². The van der Waals surface area contributed by atoms with Gasteiger partial charge in [0.05, 0.1) is 18.2 Å². The maximum Gasteiger partial charge on any atom is 0.305 e. The van der Waals surface area contributed by atoms with Gasteiger partial charge in [0.1, 0.15) is 0 Å². The van der Waals surface area contributed by atoms with Crippen LogP contribution in [0.4, 0.5) is 5.69 Å². The van der Waals surface area contributed by atoms with Gasteiger partial charge in [-0.05, 0) is 44.0 Å². The lowest BCUT2D eigenvalue weighted by Crippen LogP contribution is -2.37. The fourth-order valence-electron chi connectivity index (χ4n) is 1.16. The lowest BCUT2D eigenvalue weighted by atomic mass is 10.2. The molecule has 4 N–H and O–H groups in total. The molecule has 0 heterocycles. The molecule has 8 heteroatoms. The third kappa shape index (κ3) is 4.24. The number of nitrogens with two attached hydrogens (primary N) is 1. The number of carbonyl (C=O) groups excluding carboxylic acids is 1. The zero-order chi connectivity index (χ0) is 13.9. The van der Waals surface area contributed by atoms with Crippen LogP contribution in [-0.4, -0.2) is 23.0 Å². The van der Waals surface area contributed by atoms with E-state index in [1.54, 1.807) is 12.1 Å². The Morgan fingerprint density at radius 3 is 2.33 bits per heavy atom. The molecule has 98 valence electrons. The third-order valence-corrected chi connectivity index (χ3v) is 3.46. The first-order valence-electron chi connectivity index (χ1n) is 4.74. The van der Waals surface area contributed by atoms with Crippen molar-refractivity contribution in [1.29, 1.82) is 0 Å². The second-order valence-electron chi connectivity index (χ2n) is 3.44. The highest BCUT2D eigenvalue weighted by Crippen LogP contribution is 2.34. The molecule has 0 aromatic heterocycles. The molecule has 1 rings (SSSR count). The molecule has 0 radical (unpaired) electrons. The molecule has 1 atom stereocenters. The minimum Gasteiger partial charge on any atom is -0.481 e. The Balaban J connectivity index is 2.85. The van der Waals surface area contributed by atoms with E-state index in [1.807, 2.05) is 0 Å². The number of carbonyl (C=O) groups is 2. The molecule has 1 aromatic carbocycles. The van der Waals surface area contributed by atoms with Gasteiger partial charge in [-0.2, -0.15) is 0 Å². The summed E-state index contributed by atoms with van der Waals surface area (Å²) >= 11 is 12.3. The van der Waals surface area contributed by atoms with Gasteiger partial charge in [0.2, 0.25) is 5.91 Å². The Kier molecular flexibility index (Phi) is 5.58. The van der Waals surface area contributed by atoms with Crippen LogP contribution in [0.5, 0.6) is 0 Å². The van der Waals surface area contributed by atoms with Crippen LogP contribution in [0.15, 0.2) is 21.1 Å². The van der Waals surface area contributed by atoms with E-state index in [-0.39, 0.29) is 0 Å². The van der Waals surface area contributed by atoms with Gasteiger partial charge < -0.3 is 16.2 Å². The van der Waals surface area contributed by atoms with Gasteiger partial charge in [0.15, 0.2) is 0 Å². The van der Waals surface area contributed by atoms with Crippen molar-refractivity contribution in [2.75, 3.05) is 5.32 Å². The predicted octanol–water partition coefficient (Wildman–Crippen LogP) is 2.61. The van der Waals surface area contributed by atoms with Crippen molar-refractivity contribution in [2.45, 2.75) is 12.5 Å². The second kappa shape index (κ2) is 6.51. The first-order chi connectivity index (χ1) is 8.31. The van der Waals surface area contributed by atoms with Crippen LogP contribution in [0.3, 0.4) is 0 Å². The molecule has 0 aliphatic heterocycles. The first-order valence-corrected chi connectivity index (χ1v) is 6.70. The average molecular weight is 400 g/mol. The average Bonchev–Trinajstić information content (AvgIpc) is 2.21. The number of halogens is 3. The Labute approximate surface area is 125 Å². The summed E-state index contributed by atoms with van der Waals surface area (Å²) < 4.78 is 1.13. The largest absolute Gasteiger partial charge is 0.481 e. The summed E-state index contributed by atoms with van der Waals surface area (Å²) in [5, 5.41) is 11.6. The molecule has 0 fully saturated rings. The Morgan fingerprint density at radius 1 is 1.39 bits per heavy atom. The number of amides is 1. The highest BCUT2D eigenvalue weighted by molar-refractivity contribution is 9.11. The summed E-state index contributed by atoms with van der Waals surface area (Å²) in [6.45, 7) is 0. The van der Waals surface area contributed by atoms with Crippen LogP contribution in [0.2, 0.25) is 5.02 Å². The fraction of sp³-hybridized carbons (Fsp3) is 0.200. The van der Waals surface area contributed by atoms with Crippen LogP contribution < -0.4 is 11.1 Å². The standard InChI is InChI=1S/C10H9Br2ClN2O3/c11-5-1-4(13)2-6(12)9(5)15-10(18)7(14)3-8(16)17/h1-2,7H,3,14H2,(H,15,18)(H,16,17). The van der Waals surface area contributed by atoms with Crippen molar-refractivity contribution in [3.63, 3.8) is 0 Å². The number of hydrogen-bond acceptors (Lipinski definition) is 3. The van der Waals surface area contributed by atoms with E-state index >= 15 is 0 Å². The first kappa shape index (κ1) is 15.4. The van der Waals surface area contributed by atoms with Crippen molar-refractivity contribution in [3.8, 4) is 0 Å². The van der Waals surface area contributed by atoms with Gasteiger partial charge in [0.25, 0.3) is 0 Å². The van der Waals surface area contributed by atoms with Crippen LogP contribution in [0.25, 0.3) is 0 Å². The highest BCUT2D eigenvalue weighted by atomic mass is 79.9. The summed E-state index contributed by atoms with van der Waals surface area (Å²) in [5.74, 6) is -1.71. The maximum atomic E-state index is 11.7. The second-order valence-corrected chi connectivity index (χ2v) is 5.58. The third-order valence-electron chi connectivity index (χ3n) is 1.99. The summed E-state index contributed by atoms with van der Waals surface area (Å²) in [4.78, 5) is 22.1. The number of carboxylic acid groups (broad SMARTS) is 1. The Hall–Kier alpha value is -0.630. The number of benzene rings is 1. The minimum atomic E-state index is -1.13. The molecule has 1 amide bonds. The van der Waals surface area contributed by atoms with Crippen LogP contribution in [-0.2, 0) is 9.59 Å². The molecule has 1 aromatic rings. The van der Waals surface area contributed by atoms with Gasteiger partial charge >= 0.3 is 5.97 Å². The molecular formula is C10H9Br2ClN2O3. The summed E-state index contributed by atoms with van der Waals surface area (Å²) in [5.41, 5.74) is 5.90. The highest BCUT2D eigenvalue weighted by Gasteiger charge is 2.19. The molecule has 18 heavy (non-hydrogen) atoms. The smallest absolute Gasteiger partial charge is 0.305 e. The van der Waals surface area contributed by atoms with Gasteiger partial charge in [-0.25, -0.2) is 0 Å². The van der Waals surface area contributed by atoms with Crippen molar-refractivity contribution in [3.05, 3.63) is 26.1 Å². The van der Waals surface area contributed by atoms with E-state index in [1.165, 1.54) is 0 Å². The molecule has 0 aliphatic carbocycles. The molecule has 0 saturated heterocycles. The molecule has 0 bridgehead atoms. The van der Waals surface area contributed by atoms with Crippen molar-refractivity contribution < 1.29 is 14.7 Å². The molecule has 0 aliphatic rings. The molecule has 5 nitrogen and oxygen atoms in total. The van der Waals surface area contributed by atoms with Crippen molar-refractivity contribution >= 4 is 61.0 Å². The SMILES string of the molecule is NC(CC(=O)O)C(=O)Nc1c(Br)cc(Cl)cc1Br. The van der Waals surface area contributed by atoms with Gasteiger partial charge in [-0.15, -0.1) is 0 Å². The number of rotatable bonds is 4. The monoisotopic (exact) mass is 398 g/mol. The number of carboxylic acids is 1. The van der Waals surface area contributed by atoms with Crippen LogP contribution >= 0.6 is 43.5 Å². The van der Waals surface area contributed by atoms with Crippen molar-refractivity contribution in [1.82, 2.24) is 0 Å². The summed E-state index contributed by atoms with van der Waals surface area (Å²) in [6, 6.07) is 2.09. The lowest BCUT2D eigenvalue weighted by molar-refractivity contribution is -0.138.